The molecule has 6 heteroatoms. The fourth-order valence-corrected chi connectivity index (χ4v) is 2.11. The zero-order valence-corrected chi connectivity index (χ0v) is 11.7. The molecule has 21 heavy (non-hydrogen) atoms. The molecule has 2 rings (SSSR count). The number of benzene rings is 1. The minimum atomic E-state index is -1.06. The maximum absolute atomic E-state index is 11.0. The van der Waals surface area contributed by atoms with Gasteiger partial charge in [-0.05, 0) is 11.6 Å². The number of aromatic nitrogens is 1. The third-order valence-electron chi connectivity index (χ3n) is 3.06. The maximum Gasteiger partial charge on any atom is 0.327 e. The van der Waals surface area contributed by atoms with Crippen LogP contribution in [0.15, 0.2) is 36.5 Å². The van der Waals surface area contributed by atoms with E-state index in [-0.39, 0.29) is 12.5 Å². The summed E-state index contributed by atoms with van der Waals surface area (Å²) in [6.45, 7) is 1.93. The van der Waals surface area contributed by atoms with Crippen LogP contribution in [0, 0.1) is 0 Å². The Morgan fingerprint density at radius 3 is 2.76 bits per heavy atom. The number of carboxylic acid groups (broad SMARTS) is 1. The van der Waals surface area contributed by atoms with Crippen LogP contribution in [0.1, 0.15) is 12.5 Å². The molecule has 1 atom stereocenters. The Hall–Kier alpha value is -2.47. The number of carboxylic acids is 1. The highest BCUT2D eigenvalue weighted by Gasteiger charge is 2.17. The summed E-state index contributed by atoms with van der Waals surface area (Å²) >= 11 is 0. The fraction of sp³-hybridized carbons (Fsp3) is 0.267. The van der Waals surface area contributed by atoms with Crippen molar-refractivity contribution in [3.63, 3.8) is 0 Å². The van der Waals surface area contributed by atoms with Crippen LogP contribution in [0.3, 0.4) is 0 Å². The van der Waals surface area contributed by atoms with E-state index in [2.05, 4.69) is 15.6 Å². The van der Waals surface area contributed by atoms with Gasteiger partial charge < -0.3 is 15.7 Å². The lowest BCUT2D eigenvalue weighted by molar-refractivity contribution is -0.141. The predicted molar refractivity (Wildman–Crippen MR) is 78.7 cm³/mol. The molecule has 0 bridgehead atoms. The van der Waals surface area contributed by atoms with Gasteiger partial charge in [0.2, 0.25) is 5.91 Å². The number of hydrogen-bond donors (Lipinski definition) is 3. The summed E-state index contributed by atoms with van der Waals surface area (Å²) in [6.07, 6.45) is 1.73. The highest BCUT2D eigenvalue weighted by atomic mass is 16.4. The van der Waals surface area contributed by atoms with E-state index < -0.39 is 12.0 Å². The third kappa shape index (κ3) is 4.00. The molecule has 0 fully saturated rings. The van der Waals surface area contributed by atoms with Gasteiger partial charge in [0.15, 0.2) is 0 Å². The van der Waals surface area contributed by atoms with Crippen molar-refractivity contribution in [2.45, 2.75) is 19.5 Å². The van der Waals surface area contributed by atoms with Crippen LogP contribution in [-0.2, 0) is 16.1 Å². The van der Waals surface area contributed by atoms with E-state index in [4.69, 9.17) is 5.11 Å². The fourth-order valence-electron chi connectivity index (χ4n) is 2.11. The van der Waals surface area contributed by atoms with Crippen LogP contribution >= 0.6 is 0 Å². The highest BCUT2D eigenvalue weighted by molar-refractivity contribution is 5.82. The molecule has 0 saturated heterocycles. The minimum Gasteiger partial charge on any atom is -0.480 e. The van der Waals surface area contributed by atoms with Gasteiger partial charge in [-0.25, -0.2) is 4.79 Å². The van der Waals surface area contributed by atoms with Crippen LogP contribution in [0.5, 0.6) is 0 Å². The van der Waals surface area contributed by atoms with Crippen molar-refractivity contribution >= 4 is 22.8 Å². The standard InChI is InChI=1S/C15H17N3O3/c1-10(19)18-13(15(20)21)9-16-8-12-5-2-4-11-6-3-7-17-14(11)12/h2-7,13,16H,8-9H2,1H3,(H,18,19)(H,20,21). The summed E-state index contributed by atoms with van der Waals surface area (Å²) in [5, 5.41) is 15.5. The number of rotatable bonds is 6. The van der Waals surface area contributed by atoms with Crippen molar-refractivity contribution in [3.05, 3.63) is 42.1 Å². The zero-order chi connectivity index (χ0) is 15.2. The molecule has 0 aliphatic carbocycles. The largest absolute Gasteiger partial charge is 0.480 e. The van der Waals surface area contributed by atoms with Gasteiger partial charge in [0, 0.05) is 31.6 Å². The van der Waals surface area contributed by atoms with Gasteiger partial charge in [0.25, 0.3) is 0 Å². The van der Waals surface area contributed by atoms with Gasteiger partial charge in [0.1, 0.15) is 6.04 Å². The average molecular weight is 287 g/mol. The molecule has 110 valence electrons. The first-order valence-corrected chi connectivity index (χ1v) is 6.61. The van der Waals surface area contributed by atoms with E-state index >= 15 is 0 Å². The van der Waals surface area contributed by atoms with Gasteiger partial charge in [0.05, 0.1) is 5.52 Å². The lowest BCUT2D eigenvalue weighted by Crippen LogP contribution is -2.46. The number of fused-ring (bicyclic) bond motifs is 1. The van der Waals surface area contributed by atoms with Gasteiger partial charge in [-0.3, -0.25) is 9.78 Å². The Morgan fingerprint density at radius 2 is 2.05 bits per heavy atom. The second kappa shape index (κ2) is 6.81. The number of nitrogens with one attached hydrogen (secondary N) is 2. The molecule has 1 aromatic carbocycles. The maximum atomic E-state index is 11.0. The van der Waals surface area contributed by atoms with Gasteiger partial charge >= 0.3 is 5.97 Å². The van der Waals surface area contributed by atoms with Crippen molar-refractivity contribution in [1.82, 2.24) is 15.6 Å². The normalized spacial score (nSPS) is 12.0. The van der Waals surface area contributed by atoms with Gasteiger partial charge in [-0.15, -0.1) is 0 Å². The molecule has 0 aliphatic rings. The number of aliphatic carboxylic acids is 1. The number of carbonyl (C=O) groups excluding carboxylic acids is 1. The molecule has 0 radical (unpaired) electrons. The van der Waals surface area contributed by atoms with Crippen molar-refractivity contribution in [2.75, 3.05) is 6.54 Å². The summed E-state index contributed by atoms with van der Waals surface area (Å²) in [6, 6.07) is 8.76. The highest BCUT2D eigenvalue weighted by Crippen LogP contribution is 2.15. The zero-order valence-electron chi connectivity index (χ0n) is 11.7. The number of pyridine rings is 1. The minimum absolute atomic E-state index is 0.151. The smallest absolute Gasteiger partial charge is 0.327 e. The predicted octanol–water partition coefficient (Wildman–Crippen LogP) is 0.914. The van der Waals surface area contributed by atoms with E-state index in [0.29, 0.717) is 6.54 Å². The topological polar surface area (TPSA) is 91.3 Å². The SMILES string of the molecule is CC(=O)NC(CNCc1cccc2cccnc12)C(=O)O. The molecule has 0 spiro atoms. The number of hydrogen-bond acceptors (Lipinski definition) is 4. The Kier molecular flexibility index (Phi) is 4.84. The van der Waals surface area contributed by atoms with E-state index in [1.54, 1.807) is 6.20 Å². The summed E-state index contributed by atoms with van der Waals surface area (Å²) in [7, 11) is 0. The molecule has 1 amide bonds. The molecular formula is C15H17N3O3. The second-order valence-corrected chi connectivity index (χ2v) is 4.71. The quantitative estimate of drug-likeness (QED) is 0.734. The van der Waals surface area contributed by atoms with E-state index in [1.807, 2.05) is 30.3 Å². The van der Waals surface area contributed by atoms with Crippen LogP contribution in [0.2, 0.25) is 0 Å². The van der Waals surface area contributed by atoms with Crippen molar-refractivity contribution in [2.24, 2.45) is 0 Å². The molecule has 2 aromatic rings. The average Bonchev–Trinajstić information content (AvgIpc) is 2.46. The van der Waals surface area contributed by atoms with Crippen molar-refractivity contribution < 1.29 is 14.7 Å². The number of para-hydroxylation sites is 1. The molecule has 0 aliphatic heterocycles. The Labute approximate surface area is 122 Å². The van der Waals surface area contributed by atoms with Crippen LogP contribution in [-0.4, -0.2) is 34.6 Å². The number of carbonyl (C=O) groups is 2. The molecule has 0 saturated carbocycles. The molecule has 1 unspecified atom stereocenters. The molecule has 3 N–H and O–H groups in total. The second-order valence-electron chi connectivity index (χ2n) is 4.71. The summed E-state index contributed by atoms with van der Waals surface area (Å²) in [5.74, 6) is -1.43. The van der Waals surface area contributed by atoms with Gasteiger partial charge in [-0.2, -0.15) is 0 Å². The van der Waals surface area contributed by atoms with Crippen molar-refractivity contribution in [3.8, 4) is 0 Å². The Bertz CT molecular complexity index is 652. The monoisotopic (exact) mass is 287 g/mol. The lowest BCUT2D eigenvalue weighted by atomic mass is 10.1. The van der Waals surface area contributed by atoms with Crippen molar-refractivity contribution in [1.29, 1.82) is 0 Å². The first kappa shape index (κ1) is 14.9. The number of nitrogens with zero attached hydrogens (tertiary/aromatic N) is 1. The first-order chi connectivity index (χ1) is 10.1. The van der Waals surface area contributed by atoms with Crippen LogP contribution in [0.4, 0.5) is 0 Å². The number of amides is 1. The Morgan fingerprint density at radius 1 is 1.29 bits per heavy atom. The lowest BCUT2D eigenvalue weighted by Gasteiger charge is -2.14. The third-order valence-corrected chi connectivity index (χ3v) is 3.06. The summed E-state index contributed by atoms with van der Waals surface area (Å²) in [5.41, 5.74) is 1.87. The van der Waals surface area contributed by atoms with Crippen LogP contribution < -0.4 is 10.6 Å². The Balaban J connectivity index is 2.01. The molecule has 1 heterocycles. The molecule has 6 nitrogen and oxygen atoms in total. The summed E-state index contributed by atoms with van der Waals surface area (Å²) in [4.78, 5) is 26.3. The molecular weight excluding hydrogens is 270 g/mol. The summed E-state index contributed by atoms with van der Waals surface area (Å²) < 4.78 is 0. The van der Waals surface area contributed by atoms with E-state index in [0.717, 1.165) is 16.5 Å². The van der Waals surface area contributed by atoms with E-state index in [1.165, 1.54) is 6.92 Å². The first-order valence-electron chi connectivity index (χ1n) is 6.61. The van der Waals surface area contributed by atoms with Gasteiger partial charge in [-0.1, -0.05) is 24.3 Å². The molecule has 1 aromatic heterocycles. The van der Waals surface area contributed by atoms with E-state index in [9.17, 15) is 9.59 Å². The van der Waals surface area contributed by atoms with Crippen LogP contribution in [0.25, 0.3) is 10.9 Å².